The van der Waals surface area contributed by atoms with Crippen LogP contribution in [0.2, 0.25) is 0 Å². The van der Waals surface area contributed by atoms with Crippen LogP contribution in [-0.4, -0.2) is 56.8 Å². The molecule has 1 aromatic carbocycles. The van der Waals surface area contributed by atoms with Crippen molar-refractivity contribution in [3.05, 3.63) is 23.8 Å². The zero-order valence-corrected chi connectivity index (χ0v) is 18.2. The number of ether oxygens (including phenoxy) is 1. The molecule has 1 amide bonds. The summed E-state index contributed by atoms with van der Waals surface area (Å²) in [5.41, 5.74) is 0.409. The molecular formula is C21H32N2O4S. The third-order valence-electron chi connectivity index (χ3n) is 5.81. The molecule has 3 atom stereocenters. The van der Waals surface area contributed by atoms with Crippen LogP contribution in [-0.2, 0) is 10.0 Å². The van der Waals surface area contributed by atoms with Gasteiger partial charge in [0.2, 0.25) is 10.0 Å². The predicted molar refractivity (Wildman–Crippen MR) is 109 cm³/mol. The monoisotopic (exact) mass is 408 g/mol. The molecule has 156 valence electrons. The molecule has 7 heteroatoms. The highest BCUT2D eigenvalue weighted by Crippen LogP contribution is 2.32. The van der Waals surface area contributed by atoms with Crippen molar-refractivity contribution in [1.29, 1.82) is 0 Å². The summed E-state index contributed by atoms with van der Waals surface area (Å²) in [7, 11) is -2.27. The van der Waals surface area contributed by atoms with E-state index in [-0.39, 0.29) is 16.6 Å². The van der Waals surface area contributed by atoms with Gasteiger partial charge in [-0.05, 0) is 55.2 Å². The normalized spacial score (nSPS) is 26.9. The lowest BCUT2D eigenvalue weighted by atomic mass is 9.94. The fourth-order valence-corrected chi connectivity index (χ4v) is 6.37. The zero-order chi connectivity index (χ0) is 20.5. The van der Waals surface area contributed by atoms with Gasteiger partial charge in [-0.3, -0.25) is 4.79 Å². The van der Waals surface area contributed by atoms with E-state index in [1.807, 2.05) is 4.90 Å². The highest BCUT2D eigenvalue weighted by Gasteiger charge is 2.34. The van der Waals surface area contributed by atoms with Crippen molar-refractivity contribution in [2.45, 2.75) is 44.9 Å². The van der Waals surface area contributed by atoms with E-state index in [2.05, 4.69) is 20.8 Å². The molecule has 1 aromatic rings. The molecule has 2 aliphatic heterocycles. The van der Waals surface area contributed by atoms with Crippen molar-refractivity contribution in [3.63, 3.8) is 0 Å². The van der Waals surface area contributed by atoms with Crippen molar-refractivity contribution >= 4 is 15.9 Å². The lowest BCUT2D eigenvalue weighted by Gasteiger charge is -2.34. The Balaban J connectivity index is 1.93. The number of carbonyl (C=O) groups is 1. The fraction of sp³-hybridized carbons (Fsp3) is 0.667. The Morgan fingerprint density at radius 2 is 1.75 bits per heavy atom. The minimum atomic E-state index is -3.73. The van der Waals surface area contributed by atoms with Crippen molar-refractivity contribution < 1.29 is 17.9 Å². The summed E-state index contributed by atoms with van der Waals surface area (Å²) in [6.45, 7) is 8.73. The second-order valence-electron chi connectivity index (χ2n) is 8.63. The van der Waals surface area contributed by atoms with Gasteiger partial charge in [0.05, 0.1) is 7.11 Å². The van der Waals surface area contributed by atoms with E-state index in [0.717, 1.165) is 25.8 Å². The minimum absolute atomic E-state index is 0.0900. The zero-order valence-electron chi connectivity index (χ0n) is 17.3. The minimum Gasteiger partial charge on any atom is -0.495 e. The summed E-state index contributed by atoms with van der Waals surface area (Å²) in [6.07, 6.45) is 3.13. The summed E-state index contributed by atoms with van der Waals surface area (Å²) in [6, 6.07) is 4.77. The summed E-state index contributed by atoms with van der Waals surface area (Å²) in [4.78, 5) is 14.9. The number of sulfonamides is 1. The number of benzene rings is 1. The van der Waals surface area contributed by atoms with Gasteiger partial charge < -0.3 is 9.64 Å². The molecule has 0 aromatic heterocycles. The smallest absolute Gasteiger partial charge is 0.253 e. The van der Waals surface area contributed by atoms with Crippen molar-refractivity contribution in [2.75, 3.05) is 33.3 Å². The van der Waals surface area contributed by atoms with Gasteiger partial charge in [-0.2, -0.15) is 4.31 Å². The van der Waals surface area contributed by atoms with E-state index in [9.17, 15) is 13.2 Å². The first-order valence-electron chi connectivity index (χ1n) is 10.2. The molecule has 0 bridgehead atoms. The third-order valence-corrected chi connectivity index (χ3v) is 7.66. The number of likely N-dealkylation sites (tertiary alicyclic amines) is 1. The van der Waals surface area contributed by atoms with Crippen LogP contribution in [0.3, 0.4) is 0 Å². The van der Waals surface area contributed by atoms with Gasteiger partial charge in [-0.25, -0.2) is 8.42 Å². The van der Waals surface area contributed by atoms with Gasteiger partial charge in [-0.1, -0.05) is 20.8 Å². The molecule has 2 aliphatic rings. The summed E-state index contributed by atoms with van der Waals surface area (Å²) in [5.74, 6) is 1.27. The topological polar surface area (TPSA) is 66.9 Å². The molecule has 2 fully saturated rings. The number of rotatable bonds is 4. The number of hydrogen-bond acceptors (Lipinski definition) is 4. The average molecular weight is 409 g/mol. The number of carbonyl (C=O) groups excluding carboxylic acids is 1. The summed E-state index contributed by atoms with van der Waals surface area (Å²) >= 11 is 0. The van der Waals surface area contributed by atoms with Crippen LogP contribution in [0.5, 0.6) is 5.75 Å². The van der Waals surface area contributed by atoms with Crippen LogP contribution >= 0.6 is 0 Å². The fourth-order valence-electron chi connectivity index (χ4n) is 4.51. The van der Waals surface area contributed by atoms with Crippen LogP contribution in [0.4, 0.5) is 0 Å². The van der Waals surface area contributed by atoms with Crippen LogP contribution in [0.1, 0.15) is 50.4 Å². The molecule has 3 rings (SSSR count). The number of nitrogens with zero attached hydrogens (tertiary/aromatic N) is 2. The van der Waals surface area contributed by atoms with Crippen LogP contribution in [0, 0.1) is 17.8 Å². The van der Waals surface area contributed by atoms with E-state index in [1.54, 1.807) is 16.4 Å². The Labute approximate surface area is 168 Å². The molecule has 6 nitrogen and oxygen atoms in total. The molecular weight excluding hydrogens is 376 g/mol. The van der Waals surface area contributed by atoms with Crippen molar-refractivity contribution in [2.24, 2.45) is 17.8 Å². The van der Waals surface area contributed by atoms with Gasteiger partial charge in [0.15, 0.2) is 0 Å². The SMILES string of the molecule is COc1ccc(C(=O)N2CCCC(C)C2)cc1S(=O)(=O)N1CC(C)CC(C)C1. The maximum Gasteiger partial charge on any atom is 0.253 e. The van der Waals surface area contributed by atoms with Gasteiger partial charge in [0.1, 0.15) is 10.6 Å². The van der Waals surface area contributed by atoms with Gasteiger partial charge in [0, 0.05) is 31.7 Å². The van der Waals surface area contributed by atoms with Gasteiger partial charge in [0.25, 0.3) is 5.91 Å². The first kappa shape index (κ1) is 21.1. The Morgan fingerprint density at radius 1 is 1.07 bits per heavy atom. The quantitative estimate of drug-likeness (QED) is 0.767. The van der Waals surface area contributed by atoms with Crippen LogP contribution in [0.15, 0.2) is 23.1 Å². The largest absolute Gasteiger partial charge is 0.495 e. The Hall–Kier alpha value is -1.60. The number of methoxy groups -OCH3 is 1. The molecule has 0 N–H and O–H groups in total. The van der Waals surface area contributed by atoms with Crippen LogP contribution < -0.4 is 4.74 Å². The Kier molecular flexibility index (Phi) is 6.34. The van der Waals surface area contributed by atoms with Crippen molar-refractivity contribution in [3.8, 4) is 5.75 Å². The highest BCUT2D eigenvalue weighted by molar-refractivity contribution is 7.89. The van der Waals surface area contributed by atoms with E-state index in [4.69, 9.17) is 4.74 Å². The van der Waals surface area contributed by atoms with E-state index in [0.29, 0.717) is 43.0 Å². The number of hydrogen-bond donors (Lipinski definition) is 0. The third kappa shape index (κ3) is 4.35. The summed E-state index contributed by atoms with van der Waals surface area (Å²) < 4.78 is 33.6. The average Bonchev–Trinajstić information content (AvgIpc) is 2.66. The van der Waals surface area contributed by atoms with Gasteiger partial charge >= 0.3 is 0 Å². The number of piperidine rings is 2. The summed E-state index contributed by atoms with van der Waals surface area (Å²) in [5, 5.41) is 0. The van der Waals surface area contributed by atoms with Crippen molar-refractivity contribution in [1.82, 2.24) is 9.21 Å². The highest BCUT2D eigenvalue weighted by atomic mass is 32.2. The Morgan fingerprint density at radius 3 is 2.36 bits per heavy atom. The maximum atomic E-state index is 13.4. The molecule has 3 unspecified atom stereocenters. The van der Waals surface area contributed by atoms with E-state index in [1.165, 1.54) is 13.2 Å². The maximum absolute atomic E-state index is 13.4. The first-order chi connectivity index (χ1) is 13.2. The van der Waals surface area contributed by atoms with Gasteiger partial charge in [-0.15, -0.1) is 0 Å². The van der Waals surface area contributed by atoms with Crippen LogP contribution in [0.25, 0.3) is 0 Å². The standard InChI is InChI=1S/C21H32N2O4S/c1-15-6-5-9-22(12-15)21(24)18-7-8-19(27-4)20(11-18)28(25,26)23-13-16(2)10-17(3)14-23/h7-8,11,15-17H,5-6,9-10,12-14H2,1-4H3. The predicted octanol–water partition coefficient (Wildman–Crippen LogP) is 3.23. The molecule has 0 aliphatic carbocycles. The molecule has 0 saturated carbocycles. The molecule has 0 spiro atoms. The second kappa shape index (κ2) is 8.41. The molecule has 2 heterocycles. The Bertz CT molecular complexity index is 814. The second-order valence-corrected chi connectivity index (χ2v) is 10.5. The number of amides is 1. The lowest BCUT2D eigenvalue weighted by molar-refractivity contribution is 0.0682. The van der Waals surface area contributed by atoms with E-state index < -0.39 is 10.0 Å². The molecule has 0 radical (unpaired) electrons. The van der Waals surface area contributed by atoms with E-state index >= 15 is 0 Å². The lowest BCUT2D eigenvalue weighted by Crippen LogP contribution is -2.42. The molecule has 28 heavy (non-hydrogen) atoms. The molecule has 2 saturated heterocycles. The first-order valence-corrected chi connectivity index (χ1v) is 11.6.